The molecule has 2 fully saturated rings. The molecule has 0 aliphatic carbocycles. The number of nitrogens with one attached hydrogen (secondary N) is 1. The van der Waals surface area contributed by atoms with Crippen LogP contribution in [0.2, 0.25) is 0 Å². The van der Waals surface area contributed by atoms with Gasteiger partial charge in [0.2, 0.25) is 0 Å². The fraction of sp³-hybridized carbons (Fsp3) is 0.684. The van der Waals surface area contributed by atoms with Gasteiger partial charge in [0.15, 0.2) is 0 Å². The normalized spacial score (nSPS) is 25.7. The van der Waals surface area contributed by atoms with Gasteiger partial charge in [-0.2, -0.15) is 10.2 Å². The molecular weight excluding hydrogens is 370 g/mol. The van der Waals surface area contributed by atoms with Crippen LogP contribution >= 0.6 is 0 Å². The average Bonchev–Trinajstić information content (AvgIpc) is 3.36. The van der Waals surface area contributed by atoms with Crippen molar-refractivity contribution in [2.45, 2.75) is 77.8 Å². The van der Waals surface area contributed by atoms with Crippen LogP contribution in [0.4, 0.5) is 0 Å². The van der Waals surface area contributed by atoms with Crippen LogP contribution in [0.15, 0.2) is 24.8 Å². The zero-order valence-corrected chi connectivity index (χ0v) is 18.4. The van der Waals surface area contributed by atoms with Crippen molar-refractivity contribution < 1.29 is 22.7 Å². The van der Waals surface area contributed by atoms with Gasteiger partial charge in [0, 0.05) is 46.8 Å². The number of nitrogens with zero attached hydrogens (tertiary/aromatic N) is 3. The second kappa shape index (κ2) is 7.27. The zero-order valence-electron chi connectivity index (χ0n) is 21.4. The van der Waals surface area contributed by atoms with E-state index in [1.165, 1.54) is 12.4 Å². The summed E-state index contributed by atoms with van der Waals surface area (Å²) in [5, 5.41) is 10.5. The molecule has 2 aromatic rings. The zero-order chi connectivity index (χ0) is 24.2. The standard InChI is InChI=1S/C10H17BN2O2.C9H15BN2O2/c1-9(2)10(3,4)15-11(14-9)8-6-12-13(5)7-8;1-8(2)9(3,4)14-10(13-8)7-5-11-12-6-7/h6-7H,1-5H3;5-6H,1-4H3,(H,11,12)/i5D3;. The first-order chi connectivity index (χ1) is 14.5. The number of hydrogen-bond donors (Lipinski definition) is 1. The van der Waals surface area contributed by atoms with Crippen LogP contribution in [-0.2, 0) is 25.6 Å². The van der Waals surface area contributed by atoms with E-state index in [2.05, 4.69) is 15.3 Å². The summed E-state index contributed by atoms with van der Waals surface area (Å²) in [5.41, 5.74) is 0.0945. The molecule has 8 nitrogen and oxygen atoms in total. The number of aromatic nitrogens is 4. The van der Waals surface area contributed by atoms with Gasteiger partial charge in [-0.1, -0.05) is 0 Å². The van der Waals surface area contributed by atoms with E-state index < -0.39 is 25.3 Å². The monoisotopic (exact) mass is 405 g/mol. The second-order valence-electron chi connectivity index (χ2n) is 9.43. The fourth-order valence-corrected chi connectivity index (χ4v) is 2.81. The van der Waals surface area contributed by atoms with Crippen LogP contribution in [0, 0.1) is 0 Å². The quantitative estimate of drug-likeness (QED) is 0.762. The number of rotatable bonds is 2. The van der Waals surface area contributed by atoms with E-state index >= 15 is 0 Å². The van der Waals surface area contributed by atoms with Crippen molar-refractivity contribution in [1.29, 1.82) is 0 Å². The van der Waals surface area contributed by atoms with Crippen molar-refractivity contribution >= 4 is 25.2 Å². The first-order valence-electron chi connectivity index (χ1n) is 11.2. The molecule has 2 saturated heterocycles. The van der Waals surface area contributed by atoms with Crippen LogP contribution in [-0.4, -0.2) is 56.6 Å². The van der Waals surface area contributed by atoms with Crippen LogP contribution < -0.4 is 10.9 Å². The van der Waals surface area contributed by atoms with E-state index in [0.29, 0.717) is 5.46 Å². The Hall–Kier alpha value is -1.61. The summed E-state index contributed by atoms with van der Waals surface area (Å²) in [6, 6.07) is 0. The van der Waals surface area contributed by atoms with Gasteiger partial charge in [0.05, 0.1) is 22.4 Å². The molecule has 0 atom stereocenters. The Kier molecular flexibility index (Phi) is 4.56. The van der Waals surface area contributed by atoms with Crippen LogP contribution in [0.25, 0.3) is 0 Å². The maximum absolute atomic E-state index is 7.27. The largest absolute Gasteiger partial charge is 0.498 e. The van der Waals surface area contributed by atoms with E-state index in [1.54, 1.807) is 12.4 Å². The summed E-state index contributed by atoms with van der Waals surface area (Å²) in [6.45, 7) is 13.6. The molecule has 10 heteroatoms. The van der Waals surface area contributed by atoms with Gasteiger partial charge in [0.25, 0.3) is 0 Å². The predicted molar refractivity (Wildman–Crippen MR) is 113 cm³/mol. The molecule has 0 aromatic carbocycles. The van der Waals surface area contributed by atoms with Crippen LogP contribution in [0.1, 0.15) is 59.5 Å². The van der Waals surface area contributed by atoms with Crippen LogP contribution in [0.3, 0.4) is 0 Å². The third kappa shape index (κ3) is 4.30. The molecular formula is C19H32B2N4O4. The molecule has 2 aliphatic heterocycles. The summed E-state index contributed by atoms with van der Waals surface area (Å²) in [5.74, 6) is 0. The number of aryl methyl sites for hydroxylation is 1. The molecule has 0 unspecified atom stereocenters. The fourth-order valence-electron chi connectivity index (χ4n) is 2.81. The highest BCUT2D eigenvalue weighted by molar-refractivity contribution is 6.62. The topological polar surface area (TPSA) is 83.4 Å². The predicted octanol–water partition coefficient (Wildman–Crippen LogP) is 1.43. The highest BCUT2D eigenvalue weighted by atomic mass is 16.7. The first kappa shape index (κ1) is 18.2. The summed E-state index contributed by atoms with van der Waals surface area (Å²) in [7, 11) is -0.884. The van der Waals surface area contributed by atoms with Gasteiger partial charge >= 0.3 is 14.2 Å². The third-order valence-corrected chi connectivity index (χ3v) is 6.17. The lowest BCUT2D eigenvalue weighted by Crippen LogP contribution is -2.41. The second-order valence-corrected chi connectivity index (χ2v) is 9.43. The molecule has 0 bridgehead atoms. The lowest BCUT2D eigenvalue weighted by atomic mass is 9.82. The number of aromatic amines is 1. The Morgan fingerprint density at radius 2 is 1.31 bits per heavy atom. The highest BCUT2D eigenvalue weighted by Gasteiger charge is 2.52. The number of H-pyrrole nitrogens is 1. The van der Waals surface area contributed by atoms with Gasteiger partial charge in [-0.3, -0.25) is 9.78 Å². The summed E-state index contributed by atoms with van der Waals surface area (Å²) in [4.78, 5) is 0. The highest BCUT2D eigenvalue weighted by Crippen LogP contribution is 2.37. The molecule has 2 aliphatic rings. The molecule has 29 heavy (non-hydrogen) atoms. The van der Waals surface area contributed by atoms with Crippen molar-refractivity contribution in [3.05, 3.63) is 24.8 Å². The molecule has 158 valence electrons. The van der Waals surface area contributed by atoms with E-state index in [1.807, 2.05) is 55.4 Å². The van der Waals surface area contributed by atoms with Gasteiger partial charge in [-0.25, -0.2) is 0 Å². The Labute approximate surface area is 178 Å². The van der Waals surface area contributed by atoms with E-state index in [9.17, 15) is 0 Å². The third-order valence-electron chi connectivity index (χ3n) is 6.17. The molecule has 0 amide bonds. The van der Waals surface area contributed by atoms with Crippen molar-refractivity contribution in [2.24, 2.45) is 6.98 Å². The maximum atomic E-state index is 7.27. The summed E-state index contributed by atoms with van der Waals surface area (Å²) < 4.78 is 46.0. The van der Waals surface area contributed by atoms with Gasteiger partial charge in [-0.15, -0.1) is 0 Å². The minimum Gasteiger partial charge on any atom is -0.399 e. The smallest absolute Gasteiger partial charge is 0.399 e. The Balaban J connectivity index is 0.000000186. The molecule has 0 spiro atoms. The molecule has 4 rings (SSSR count). The van der Waals surface area contributed by atoms with E-state index in [-0.39, 0.29) is 18.3 Å². The summed E-state index contributed by atoms with van der Waals surface area (Å²) in [6.07, 6.45) is 6.42. The average molecular weight is 405 g/mol. The lowest BCUT2D eigenvalue weighted by Gasteiger charge is -2.32. The van der Waals surface area contributed by atoms with Crippen molar-refractivity contribution in [3.63, 3.8) is 0 Å². The van der Waals surface area contributed by atoms with Crippen molar-refractivity contribution in [1.82, 2.24) is 20.0 Å². The molecule has 4 heterocycles. The SMILES string of the molecule is CC1(C)OB(c2cn[nH]c2)OC1(C)C.[2H]C([2H])([2H])n1cc(B2OC(C)(C)C(C)(C)O2)cn1. The first-order valence-corrected chi connectivity index (χ1v) is 9.70. The Morgan fingerprint density at radius 1 is 0.828 bits per heavy atom. The Morgan fingerprint density at radius 3 is 1.69 bits per heavy atom. The lowest BCUT2D eigenvalue weighted by molar-refractivity contribution is 0.00578. The van der Waals surface area contributed by atoms with E-state index in [0.717, 1.165) is 10.1 Å². The molecule has 1 N–H and O–H groups in total. The van der Waals surface area contributed by atoms with Gasteiger partial charge < -0.3 is 18.6 Å². The van der Waals surface area contributed by atoms with Crippen molar-refractivity contribution in [3.8, 4) is 0 Å². The van der Waals surface area contributed by atoms with Crippen LogP contribution in [0.5, 0.6) is 0 Å². The minimum absolute atomic E-state index is 0.283. The van der Waals surface area contributed by atoms with Crippen molar-refractivity contribution in [2.75, 3.05) is 0 Å². The van der Waals surface area contributed by atoms with Gasteiger partial charge in [0.1, 0.15) is 0 Å². The summed E-state index contributed by atoms with van der Waals surface area (Å²) >= 11 is 0. The minimum atomic E-state index is -2.28. The molecule has 0 radical (unpaired) electrons. The maximum Gasteiger partial charge on any atom is 0.498 e. The van der Waals surface area contributed by atoms with Gasteiger partial charge in [-0.05, 0) is 55.4 Å². The van der Waals surface area contributed by atoms with E-state index in [4.69, 9.17) is 22.7 Å². The molecule has 0 saturated carbocycles. The molecule has 2 aromatic heterocycles. The Bertz CT molecular complexity index is 897. The number of hydrogen-bond acceptors (Lipinski definition) is 6.